The second kappa shape index (κ2) is 8.91. The van der Waals surface area contributed by atoms with Crippen LogP contribution in [-0.4, -0.2) is 18.1 Å². The summed E-state index contributed by atoms with van der Waals surface area (Å²) in [5, 5.41) is 4.00. The minimum atomic E-state index is -0.298. The van der Waals surface area contributed by atoms with E-state index in [1.54, 1.807) is 0 Å². The van der Waals surface area contributed by atoms with Crippen molar-refractivity contribution in [2.75, 3.05) is 0 Å². The van der Waals surface area contributed by atoms with Crippen LogP contribution in [0.4, 0.5) is 0 Å². The predicted octanol–water partition coefficient (Wildman–Crippen LogP) is 5.16. The van der Waals surface area contributed by atoms with Crippen molar-refractivity contribution in [2.45, 2.75) is 59.1 Å². The molecular formula is C20H29N3O2. The van der Waals surface area contributed by atoms with Gasteiger partial charge in [-0.15, -0.1) is 0 Å². The molecule has 0 spiro atoms. The Balaban J connectivity index is 2.10. The predicted molar refractivity (Wildman–Crippen MR) is 98.9 cm³/mol. The summed E-state index contributed by atoms with van der Waals surface area (Å²) >= 11 is 0. The van der Waals surface area contributed by atoms with E-state index in [2.05, 4.69) is 36.0 Å². The summed E-state index contributed by atoms with van der Waals surface area (Å²) in [7, 11) is 0. The molecule has 4 atom stereocenters. The van der Waals surface area contributed by atoms with Crippen LogP contribution in [0.25, 0.3) is 10.4 Å². The van der Waals surface area contributed by atoms with Gasteiger partial charge in [0.15, 0.2) is 0 Å². The third kappa shape index (κ3) is 5.23. The largest absolute Gasteiger partial charge is 0.462 e. The number of nitrogens with zero attached hydrogens (tertiary/aromatic N) is 3. The number of hydrogen-bond acceptors (Lipinski definition) is 3. The molecule has 1 aromatic carbocycles. The summed E-state index contributed by atoms with van der Waals surface area (Å²) < 4.78 is 5.58. The van der Waals surface area contributed by atoms with E-state index >= 15 is 0 Å². The second-order valence-corrected chi connectivity index (χ2v) is 7.76. The van der Waals surface area contributed by atoms with E-state index in [9.17, 15) is 4.79 Å². The van der Waals surface area contributed by atoms with Gasteiger partial charge in [-0.2, -0.15) is 0 Å². The Kier molecular flexibility index (Phi) is 6.89. The summed E-state index contributed by atoms with van der Waals surface area (Å²) in [6.07, 6.45) is 2.02. The van der Waals surface area contributed by atoms with Crippen LogP contribution >= 0.6 is 0 Å². The average Bonchev–Trinajstić information content (AvgIpc) is 2.96. The van der Waals surface area contributed by atoms with E-state index in [1.807, 2.05) is 32.0 Å². The first-order chi connectivity index (χ1) is 11.9. The molecule has 1 heterocycles. The van der Waals surface area contributed by atoms with Crippen LogP contribution < -0.4 is 0 Å². The molecule has 25 heavy (non-hydrogen) atoms. The summed E-state index contributed by atoms with van der Waals surface area (Å²) in [6, 6.07) is 10.1. The van der Waals surface area contributed by atoms with Crippen molar-refractivity contribution < 1.29 is 9.53 Å². The Morgan fingerprint density at radius 1 is 1.24 bits per heavy atom. The van der Waals surface area contributed by atoms with Gasteiger partial charge in [-0.05, 0) is 48.1 Å². The molecule has 0 unspecified atom stereocenters. The summed E-state index contributed by atoms with van der Waals surface area (Å²) in [6.45, 7) is 8.45. The number of carbonyl (C=O) groups excluding carboxylic acids is 1. The number of benzene rings is 1. The molecule has 1 aromatic rings. The fourth-order valence-corrected chi connectivity index (χ4v) is 3.57. The quantitative estimate of drug-likeness (QED) is 0.283. The van der Waals surface area contributed by atoms with E-state index < -0.39 is 0 Å². The third-order valence-corrected chi connectivity index (χ3v) is 5.32. The Morgan fingerprint density at radius 3 is 2.44 bits per heavy atom. The van der Waals surface area contributed by atoms with Gasteiger partial charge in [-0.3, -0.25) is 4.79 Å². The number of cyclic esters (lactones) is 1. The fraction of sp³-hybridized carbons (Fsp3) is 0.650. The molecule has 136 valence electrons. The van der Waals surface area contributed by atoms with Gasteiger partial charge in [-0.25, -0.2) is 0 Å². The maximum Gasteiger partial charge on any atom is 0.309 e. The van der Waals surface area contributed by atoms with Crippen LogP contribution in [0, 0.1) is 23.7 Å². The van der Waals surface area contributed by atoms with Crippen molar-refractivity contribution in [3.05, 3.63) is 46.3 Å². The summed E-state index contributed by atoms with van der Waals surface area (Å²) in [5.41, 5.74) is 10.3. The van der Waals surface area contributed by atoms with E-state index in [0.717, 1.165) is 12.8 Å². The van der Waals surface area contributed by atoms with E-state index in [1.165, 1.54) is 5.56 Å². The highest BCUT2D eigenvalue weighted by atomic mass is 16.6. The van der Waals surface area contributed by atoms with Crippen LogP contribution in [0.15, 0.2) is 35.4 Å². The Bertz CT molecular complexity index is 609. The first kappa shape index (κ1) is 19.3. The normalized spacial score (nSPS) is 22.6. The topological polar surface area (TPSA) is 75.1 Å². The van der Waals surface area contributed by atoms with Gasteiger partial charge in [0.25, 0.3) is 0 Å². The Hall–Kier alpha value is -2.00. The van der Waals surface area contributed by atoms with E-state index in [-0.39, 0.29) is 30.0 Å². The molecule has 0 aromatic heterocycles. The highest BCUT2D eigenvalue weighted by Crippen LogP contribution is 2.34. The molecule has 1 fully saturated rings. The van der Waals surface area contributed by atoms with Crippen LogP contribution in [0.2, 0.25) is 0 Å². The summed E-state index contributed by atoms with van der Waals surface area (Å²) in [4.78, 5) is 15.1. The monoisotopic (exact) mass is 343 g/mol. The smallest absolute Gasteiger partial charge is 0.309 e. The number of rotatable bonds is 8. The molecule has 1 saturated heterocycles. The van der Waals surface area contributed by atoms with Crippen molar-refractivity contribution in [3.8, 4) is 0 Å². The number of esters is 1. The maximum absolute atomic E-state index is 12.1. The molecule has 0 radical (unpaired) electrons. The lowest BCUT2D eigenvalue weighted by Gasteiger charge is -2.26. The SMILES string of the molecule is CC(C)[C@@H](Cc1ccccc1)C[C@H](N=[N+]=[N-])[C@@H]1C[C@@H](C(C)C)C(=O)O1. The van der Waals surface area contributed by atoms with Crippen molar-refractivity contribution >= 4 is 5.97 Å². The highest BCUT2D eigenvalue weighted by molar-refractivity contribution is 5.75. The van der Waals surface area contributed by atoms with Crippen LogP contribution in [0.1, 0.15) is 46.1 Å². The Labute approximate surface area is 150 Å². The highest BCUT2D eigenvalue weighted by Gasteiger charge is 2.40. The van der Waals surface area contributed by atoms with E-state index in [4.69, 9.17) is 10.3 Å². The van der Waals surface area contributed by atoms with Gasteiger partial charge >= 0.3 is 5.97 Å². The number of carbonyl (C=O) groups is 1. The molecular weight excluding hydrogens is 314 g/mol. The van der Waals surface area contributed by atoms with Gasteiger partial charge < -0.3 is 4.74 Å². The van der Waals surface area contributed by atoms with Gasteiger partial charge in [-0.1, -0.05) is 63.1 Å². The van der Waals surface area contributed by atoms with Crippen LogP contribution in [0.3, 0.4) is 0 Å². The minimum absolute atomic E-state index is 0.0898. The van der Waals surface area contributed by atoms with Crippen molar-refractivity contribution in [3.63, 3.8) is 0 Å². The fourth-order valence-electron chi connectivity index (χ4n) is 3.57. The van der Waals surface area contributed by atoms with Crippen molar-refractivity contribution in [1.29, 1.82) is 0 Å². The molecule has 0 amide bonds. The van der Waals surface area contributed by atoms with Crippen LogP contribution in [-0.2, 0) is 16.0 Å². The second-order valence-electron chi connectivity index (χ2n) is 7.76. The molecule has 0 saturated carbocycles. The molecule has 0 bridgehead atoms. The van der Waals surface area contributed by atoms with Gasteiger partial charge in [0.05, 0.1) is 12.0 Å². The van der Waals surface area contributed by atoms with Crippen molar-refractivity contribution in [1.82, 2.24) is 0 Å². The van der Waals surface area contributed by atoms with Crippen LogP contribution in [0.5, 0.6) is 0 Å². The third-order valence-electron chi connectivity index (χ3n) is 5.32. The van der Waals surface area contributed by atoms with Crippen molar-refractivity contribution in [2.24, 2.45) is 28.8 Å². The lowest BCUT2D eigenvalue weighted by Crippen LogP contribution is -2.29. The molecule has 1 aliphatic rings. The molecule has 1 aliphatic heterocycles. The van der Waals surface area contributed by atoms with Gasteiger partial charge in [0.1, 0.15) is 6.10 Å². The van der Waals surface area contributed by atoms with Gasteiger partial charge in [0.2, 0.25) is 0 Å². The molecule has 5 nitrogen and oxygen atoms in total. The maximum atomic E-state index is 12.1. The summed E-state index contributed by atoms with van der Waals surface area (Å²) in [5.74, 6) is 0.828. The minimum Gasteiger partial charge on any atom is -0.462 e. The Morgan fingerprint density at radius 2 is 1.92 bits per heavy atom. The molecule has 0 N–H and O–H groups in total. The zero-order chi connectivity index (χ0) is 18.4. The zero-order valence-corrected chi connectivity index (χ0v) is 15.6. The van der Waals surface area contributed by atoms with Gasteiger partial charge in [0, 0.05) is 4.91 Å². The zero-order valence-electron chi connectivity index (χ0n) is 15.6. The first-order valence-corrected chi connectivity index (χ1v) is 9.21. The standard InChI is InChI=1S/C20H29N3O2/c1-13(2)16(10-15-8-6-5-7-9-15)11-18(22-23-21)19-12-17(14(3)4)20(24)25-19/h5-9,13-14,16-19H,10-12H2,1-4H3/t16-,17-,18-,19-/m0/s1. The first-order valence-electron chi connectivity index (χ1n) is 9.21. The lowest BCUT2D eigenvalue weighted by atomic mass is 9.82. The number of hydrogen-bond donors (Lipinski definition) is 0. The average molecular weight is 343 g/mol. The molecule has 2 rings (SSSR count). The lowest BCUT2D eigenvalue weighted by molar-refractivity contribution is -0.145. The number of azide groups is 1. The molecule has 0 aliphatic carbocycles. The molecule has 5 heteroatoms. The number of ether oxygens (including phenoxy) is 1. The van der Waals surface area contributed by atoms with E-state index in [0.29, 0.717) is 18.3 Å².